The fraction of sp³-hybridized carbons (Fsp3) is 0.278. The van der Waals surface area contributed by atoms with E-state index in [2.05, 4.69) is 10.0 Å². The first-order valence-corrected chi connectivity index (χ1v) is 11.0. The number of anilines is 1. The molecular formula is C18H19N3O6S2. The highest BCUT2D eigenvalue weighted by molar-refractivity contribution is 7.89. The number of hydrogen-bond donors (Lipinski definition) is 3. The number of primary amides is 1. The van der Waals surface area contributed by atoms with Gasteiger partial charge in [0.05, 0.1) is 16.0 Å². The third-order valence-corrected chi connectivity index (χ3v) is 6.49. The first-order chi connectivity index (χ1) is 13.7. The number of nitrogens with two attached hydrogens (primary N) is 1. The highest BCUT2D eigenvalue weighted by atomic mass is 32.2. The van der Waals surface area contributed by atoms with Gasteiger partial charge in [0.25, 0.3) is 11.8 Å². The van der Waals surface area contributed by atoms with Crippen LogP contribution in [0, 0.1) is 0 Å². The van der Waals surface area contributed by atoms with E-state index >= 15 is 0 Å². The lowest BCUT2D eigenvalue weighted by Gasteiger charge is -2.13. The third kappa shape index (κ3) is 5.19. The van der Waals surface area contributed by atoms with Crippen LogP contribution in [0.4, 0.5) is 5.00 Å². The van der Waals surface area contributed by atoms with Gasteiger partial charge in [-0.1, -0.05) is 0 Å². The molecule has 0 bridgehead atoms. The van der Waals surface area contributed by atoms with Crippen LogP contribution < -0.4 is 15.8 Å². The van der Waals surface area contributed by atoms with E-state index in [4.69, 9.17) is 10.5 Å². The molecule has 1 unspecified atom stereocenters. The first-order valence-electron chi connectivity index (χ1n) is 8.69. The highest BCUT2D eigenvalue weighted by Crippen LogP contribution is 2.24. The Morgan fingerprint density at radius 3 is 2.41 bits per heavy atom. The fourth-order valence-electron chi connectivity index (χ4n) is 2.35. The molecule has 9 nitrogen and oxygen atoms in total. The second-order valence-electron chi connectivity index (χ2n) is 6.48. The van der Waals surface area contributed by atoms with Crippen LogP contribution in [0.1, 0.15) is 40.5 Å². The number of thiophene rings is 1. The number of amides is 2. The first kappa shape index (κ1) is 21.0. The van der Waals surface area contributed by atoms with Gasteiger partial charge in [-0.3, -0.25) is 9.59 Å². The molecule has 1 aromatic heterocycles. The number of benzene rings is 1. The predicted molar refractivity (Wildman–Crippen MR) is 106 cm³/mol. The maximum absolute atomic E-state index is 12.2. The van der Waals surface area contributed by atoms with Crippen molar-refractivity contribution in [3.8, 4) is 0 Å². The summed E-state index contributed by atoms with van der Waals surface area (Å²) >= 11 is 1.12. The van der Waals surface area contributed by atoms with Crippen LogP contribution in [0.25, 0.3) is 0 Å². The molecule has 1 aliphatic rings. The zero-order valence-corrected chi connectivity index (χ0v) is 17.0. The van der Waals surface area contributed by atoms with Crippen molar-refractivity contribution in [2.45, 2.75) is 36.8 Å². The van der Waals surface area contributed by atoms with Gasteiger partial charge in [-0.05, 0) is 55.5 Å². The summed E-state index contributed by atoms with van der Waals surface area (Å²) in [7, 11) is -3.62. The standard InChI is InChI=1S/C18H19N3O6S2/c1-10(16(23)20-17-14(15(19)22)8-9-28-17)27-18(24)11-2-6-13(7-3-11)29(25,26)21-12-4-5-12/h2-3,6-10,12,21H,4-5H2,1H3,(H2,19,22)(H,20,23). The summed E-state index contributed by atoms with van der Waals surface area (Å²) in [5.41, 5.74) is 5.49. The van der Waals surface area contributed by atoms with Gasteiger partial charge in [0.15, 0.2) is 6.10 Å². The molecule has 29 heavy (non-hydrogen) atoms. The van der Waals surface area contributed by atoms with E-state index in [-0.39, 0.29) is 27.1 Å². The molecule has 1 aromatic carbocycles. The Bertz CT molecular complexity index is 1040. The van der Waals surface area contributed by atoms with Gasteiger partial charge < -0.3 is 15.8 Å². The number of esters is 1. The van der Waals surface area contributed by atoms with Crippen molar-refractivity contribution in [2.24, 2.45) is 5.73 Å². The molecule has 2 amide bonds. The van der Waals surface area contributed by atoms with Crippen LogP contribution in [0.5, 0.6) is 0 Å². The summed E-state index contributed by atoms with van der Waals surface area (Å²) < 4.78 is 32.0. The smallest absolute Gasteiger partial charge is 0.338 e. The van der Waals surface area contributed by atoms with E-state index in [1.165, 1.54) is 37.3 Å². The molecule has 0 aliphatic heterocycles. The number of ether oxygens (including phenoxy) is 1. The second kappa shape index (κ2) is 8.31. The van der Waals surface area contributed by atoms with E-state index < -0.39 is 33.9 Å². The van der Waals surface area contributed by atoms with Crippen molar-refractivity contribution >= 4 is 44.1 Å². The van der Waals surface area contributed by atoms with Crippen molar-refractivity contribution in [1.29, 1.82) is 0 Å². The zero-order valence-electron chi connectivity index (χ0n) is 15.4. The molecule has 0 radical (unpaired) electrons. The van der Waals surface area contributed by atoms with Crippen LogP contribution in [0.3, 0.4) is 0 Å². The van der Waals surface area contributed by atoms with E-state index in [0.717, 1.165) is 24.2 Å². The average molecular weight is 437 g/mol. The minimum Gasteiger partial charge on any atom is -0.449 e. The highest BCUT2D eigenvalue weighted by Gasteiger charge is 2.28. The van der Waals surface area contributed by atoms with Crippen LogP contribution in [-0.4, -0.2) is 38.3 Å². The molecule has 1 saturated carbocycles. The van der Waals surface area contributed by atoms with Crippen molar-refractivity contribution in [2.75, 3.05) is 5.32 Å². The summed E-state index contributed by atoms with van der Waals surface area (Å²) in [6.07, 6.45) is 0.483. The lowest BCUT2D eigenvalue weighted by molar-refractivity contribution is -0.123. The Morgan fingerprint density at radius 2 is 1.83 bits per heavy atom. The Labute approximate surface area is 171 Å². The van der Waals surface area contributed by atoms with Crippen LogP contribution >= 0.6 is 11.3 Å². The molecular weight excluding hydrogens is 418 g/mol. The van der Waals surface area contributed by atoms with Crippen molar-refractivity contribution < 1.29 is 27.5 Å². The SMILES string of the molecule is CC(OC(=O)c1ccc(S(=O)(=O)NC2CC2)cc1)C(=O)Nc1sccc1C(N)=O. The topological polar surface area (TPSA) is 145 Å². The Balaban J connectivity index is 1.61. The number of nitrogens with one attached hydrogen (secondary N) is 2. The van der Waals surface area contributed by atoms with Gasteiger partial charge in [0, 0.05) is 6.04 Å². The lowest BCUT2D eigenvalue weighted by atomic mass is 10.2. The molecule has 1 aliphatic carbocycles. The van der Waals surface area contributed by atoms with Crippen LogP contribution in [0.15, 0.2) is 40.6 Å². The number of carbonyl (C=O) groups is 3. The summed E-state index contributed by atoms with van der Waals surface area (Å²) in [5.74, 6) is -2.10. The van der Waals surface area contributed by atoms with Crippen molar-refractivity contribution in [3.05, 3.63) is 46.8 Å². The van der Waals surface area contributed by atoms with Gasteiger partial charge in [-0.2, -0.15) is 0 Å². The van der Waals surface area contributed by atoms with Gasteiger partial charge in [-0.25, -0.2) is 17.9 Å². The maximum Gasteiger partial charge on any atom is 0.338 e. The van der Waals surface area contributed by atoms with Crippen molar-refractivity contribution in [1.82, 2.24) is 4.72 Å². The van der Waals surface area contributed by atoms with Crippen molar-refractivity contribution in [3.63, 3.8) is 0 Å². The number of sulfonamides is 1. The predicted octanol–water partition coefficient (Wildman–Crippen LogP) is 1.47. The lowest BCUT2D eigenvalue weighted by Crippen LogP contribution is -2.30. The molecule has 154 valence electrons. The summed E-state index contributed by atoms with van der Waals surface area (Å²) in [6, 6.07) is 6.70. The minimum atomic E-state index is -3.62. The van der Waals surface area contributed by atoms with E-state index in [1.54, 1.807) is 5.38 Å². The number of carbonyl (C=O) groups excluding carboxylic acids is 3. The number of hydrogen-bond acceptors (Lipinski definition) is 7. The molecule has 11 heteroatoms. The quantitative estimate of drug-likeness (QED) is 0.533. The molecule has 4 N–H and O–H groups in total. The maximum atomic E-state index is 12.2. The second-order valence-corrected chi connectivity index (χ2v) is 9.11. The van der Waals surface area contributed by atoms with Gasteiger partial charge >= 0.3 is 5.97 Å². The Morgan fingerprint density at radius 1 is 1.17 bits per heavy atom. The Hall–Kier alpha value is -2.76. The molecule has 2 aromatic rings. The molecule has 1 heterocycles. The molecule has 0 saturated heterocycles. The van der Waals surface area contributed by atoms with E-state index in [9.17, 15) is 22.8 Å². The fourth-order valence-corrected chi connectivity index (χ4v) is 4.45. The summed E-state index contributed by atoms with van der Waals surface area (Å²) in [4.78, 5) is 35.8. The normalized spacial score (nSPS) is 14.8. The van der Waals surface area contributed by atoms with E-state index in [0.29, 0.717) is 0 Å². The van der Waals surface area contributed by atoms with Gasteiger partial charge in [0.2, 0.25) is 10.0 Å². The summed E-state index contributed by atoms with van der Waals surface area (Å²) in [5, 5.41) is 4.36. The van der Waals surface area contributed by atoms with Crippen LogP contribution in [-0.2, 0) is 19.6 Å². The molecule has 1 fully saturated rings. The molecule has 1 atom stereocenters. The van der Waals surface area contributed by atoms with E-state index in [1.807, 2.05) is 0 Å². The third-order valence-electron chi connectivity index (χ3n) is 4.12. The number of rotatable bonds is 8. The molecule has 0 spiro atoms. The zero-order chi connectivity index (χ0) is 21.2. The van der Waals surface area contributed by atoms with Gasteiger partial charge in [-0.15, -0.1) is 11.3 Å². The summed E-state index contributed by atoms with van der Waals surface area (Å²) in [6.45, 7) is 1.38. The van der Waals surface area contributed by atoms with Crippen LogP contribution in [0.2, 0.25) is 0 Å². The largest absolute Gasteiger partial charge is 0.449 e. The molecule has 3 rings (SSSR count). The average Bonchev–Trinajstić information content (AvgIpc) is 3.34. The minimum absolute atomic E-state index is 0.0255. The Kier molecular flexibility index (Phi) is 6.01. The monoisotopic (exact) mass is 437 g/mol. The van der Waals surface area contributed by atoms with Gasteiger partial charge in [0.1, 0.15) is 5.00 Å².